The highest BCUT2D eigenvalue weighted by molar-refractivity contribution is 9.11. The number of hydrogen-bond acceptors (Lipinski definition) is 2. The molecule has 0 radical (unpaired) electrons. The first-order chi connectivity index (χ1) is 5.20. The Kier molecular flexibility index (Phi) is 3.55. The van der Waals surface area contributed by atoms with Crippen LogP contribution >= 0.6 is 27.3 Å². The van der Waals surface area contributed by atoms with Crippen LogP contribution in [0.5, 0.6) is 0 Å². The van der Waals surface area contributed by atoms with Crippen LogP contribution in [0.25, 0.3) is 0 Å². The minimum absolute atomic E-state index is 0.193. The number of aryl methyl sites for hydroxylation is 1. The Morgan fingerprint density at radius 1 is 1.73 bits per heavy atom. The van der Waals surface area contributed by atoms with Crippen molar-refractivity contribution in [3.63, 3.8) is 0 Å². The molecule has 1 rings (SSSR count). The zero-order valence-corrected chi connectivity index (χ0v) is 8.78. The predicted octanol–water partition coefficient (Wildman–Crippen LogP) is 2.82. The average molecular weight is 235 g/mol. The van der Waals surface area contributed by atoms with E-state index in [4.69, 9.17) is 5.11 Å². The molecule has 0 aliphatic rings. The van der Waals surface area contributed by atoms with Gasteiger partial charge in [0.15, 0.2) is 0 Å². The molecule has 1 aromatic rings. The van der Waals surface area contributed by atoms with Crippen LogP contribution in [0.3, 0.4) is 0 Å². The van der Waals surface area contributed by atoms with Crippen molar-refractivity contribution in [3.05, 3.63) is 20.8 Å². The van der Waals surface area contributed by atoms with Crippen molar-refractivity contribution in [3.8, 4) is 0 Å². The number of thiophene rings is 1. The van der Waals surface area contributed by atoms with Gasteiger partial charge in [-0.25, -0.2) is 0 Å². The van der Waals surface area contributed by atoms with Crippen LogP contribution in [0.4, 0.5) is 0 Å². The van der Waals surface area contributed by atoms with Crippen LogP contribution in [0.15, 0.2) is 15.2 Å². The Hall–Kier alpha value is 0.140. The minimum atomic E-state index is -0.193. The third kappa shape index (κ3) is 2.93. The van der Waals surface area contributed by atoms with Crippen LogP contribution in [0.2, 0.25) is 0 Å². The molecular weight excluding hydrogens is 224 g/mol. The Morgan fingerprint density at radius 3 is 2.91 bits per heavy atom. The van der Waals surface area contributed by atoms with Gasteiger partial charge >= 0.3 is 0 Å². The molecule has 0 saturated heterocycles. The SMILES string of the molecule is CC(O)CCc1ccsc1Br. The lowest BCUT2D eigenvalue weighted by molar-refractivity contribution is 0.185. The molecule has 1 aromatic heterocycles. The summed E-state index contributed by atoms with van der Waals surface area (Å²) in [6, 6.07) is 2.09. The summed E-state index contributed by atoms with van der Waals surface area (Å²) in [6.45, 7) is 1.82. The highest BCUT2D eigenvalue weighted by Gasteiger charge is 2.02. The van der Waals surface area contributed by atoms with Crippen molar-refractivity contribution in [1.82, 2.24) is 0 Å². The molecule has 1 heterocycles. The molecule has 0 saturated carbocycles. The maximum atomic E-state index is 9.03. The average Bonchev–Trinajstić information content (AvgIpc) is 2.31. The smallest absolute Gasteiger partial charge is 0.0730 e. The molecule has 1 N–H and O–H groups in total. The van der Waals surface area contributed by atoms with Gasteiger partial charge in [0.1, 0.15) is 0 Å². The van der Waals surface area contributed by atoms with Crippen LogP contribution in [0, 0.1) is 0 Å². The van der Waals surface area contributed by atoms with Crippen LogP contribution < -0.4 is 0 Å². The van der Waals surface area contributed by atoms with E-state index in [2.05, 4.69) is 27.4 Å². The van der Waals surface area contributed by atoms with Crippen LogP contribution in [0.1, 0.15) is 18.9 Å². The Bertz CT molecular complexity index is 220. The second-order valence-electron chi connectivity index (χ2n) is 2.61. The molecular formula is C8H11BrOS. The van der Waals surface area contributed by atoms with Crippen LogP contribution in [-0.2, 0) is 6.42 Å². The molecule has 1 nitrogen and oxygen atoms in total. The summed E-state index contributed by atoms with van der Waals surface area (Å²) in [5.74, 6) is 0. The van der Waals surface area contributed by atoms with Crippen molar-refractivity contribution in [2.24, 2.45) is 0 Å². The van der Waals surface area contributed by atoms with Crippen molar-refractivity contribution >= 4 is 27.3 Å². The van der Waals surface area contributed by atoms with E-state index in [9.17, 15) is 0 Å². The summed E-state index contributed by atoms with van der Waals surface area (Å²) in [4.78, 5) is 0. The number of aliphatic hydroxyl groups excluding tert-OH is 1. The summed E-state index contributed by atoms with van der Waals surface area (Å²) >= 11 is 5.14. The zero-order chi connectivity index (χ0) is 8.27. The van der Waals surface area contributed by atoms with Gasteiger partial charge in [0.25, 0.3) is 0 Å². The van der Waals surface area contributed by atoms with Gasteiger partial charge in [0.2, 0.25) is 0 Å². The molecule has 0 aliphatic heterocycles. The third-order valence-electron chi connectivity index (χ3n) is 1.52. The quantitative estimate of drug-likeness (QED) is 0.854. The Balaban J connectivity index is 2.44. The molecule has 11 heavy (non-hydrogen) atoms. The second-order valence-corrected chi connectivity index (χ2v) is 4.84. The normalized spacial score (nSPS) is 13.4. The summed E-state index contributed by atoms with van der Waals surface area (Å²) in [7, 11) is 0. The van der Waals surface area contributed by atoms with E-state index >= 15 is 0 Å². The fourth-order valence-electron chi connectivity index (χ4n) is 0.863. The maximum Gasteiger partial charge on any atom is 0.0730 e. The highest BCUT2D eigenvalue weighted by Crippen LogP contribution is 2.24. The molecule has 0 aromatic carbocycles. The van der Waals surface area contributed by atoms with Crippen molar-refractivity contribution in [2.45, 2.75) is 25.9 Å². The molecule has 1 unspecified atom stereocenters. The first-order valence-corrected chi connectivity index (χ1v) is 5.27. The second kappa shape index (κ2) is 4.24. The van der Waals surface area contributed by atoms with Crippen molar-refractivity contribution in [2.75, 3.05) is 0 Å². The van der Waals surface area contributed by atoms with Gasteiger partial charge in [-0.05, 0) is 52.7 Å². The number of rotatable bonds is 3. The summed E-state index contributed by atoms with van der Waals surface area (Å²) in [5, 5.41) is 11.1. The summed E-state index contributed by atoms with van der Waals surface area (Å²) in [5.41, 5.74) is 1.30. The molecule has 0 fully saturated rings. The lowest BCUT2D eigenvalue weighted by Crippen LogP contribution is -2.00. The molecule has 0 bridgehead atoms. The van der Waals surface area contributed by atoms with Crippen molar-refractivity contribution in [1.29, 1.82) is 0 Å². The zero-order valence-electron chi connectivity index (χ0n) is 6.38. The van der Waals surface area contributed by atoms with Crippen LogP contribution in [-0.4, -0.2) is 11.2 Å². The fraction of sp³-hybridized carbons (Fsp3) is 0.500. The van der Waals surface area contributed by atoms with Gasteiger partial charge < -0.3 is 5.11 Å². The van der Waals surface area contributed by atoms with E-state index < -0.39 is 0 Å². The highest BCUT2D eigenvalue weighted by atomic mass is 79.9. The fourth-order valence-corrected chi connectivity index (χ4v) is 2.19. The summed E-state index contributed by atoms with van der Waals surface area (Å²) in [6.07, 6.45) is 1.61. The molecule has 62 valence electrons. The largest absolute Gasteiger partial charge is 0.393 e. The van der Waals surface area contributed by atoms with E-state index in [1.165, 1.54) is 9.35 Å². The molecule has 0 aliphatic carbocycles. The molecule has 0 amide bonds. The summed E-state index contributed by atoms with van der Waals surface area (Å²) < 4.78 is 1.19. The van der Waals surface area contributed by atoms with Gasteiger partial charge in [0, 0.05) is 0 Å². The number of aliphatic hydroxyl groups is 1. The Labute approximate surface area is 79.2 Å². The first-order valence-electron chi connectivity index (χ1n) is 3.60. The van der Waals surface area contributed by atoms with Gasteiger partial charge in [0.05, 0.1) is 9.89 Å². The maximum absolute atomic E-state index is 9.03. The molecule has 0 spiro atoms. The van der Waals surface area contributed by atoms with E-state index in [-0.39, 0.29) is 6.10 Å². The lowest BCUT2D eigenvalue weighted by Gasteiger charge is -2.01. The lowest BCUT2D eigenvalue weighted by atomic mass is 10.1. The first kappa shape index (κ1) is 9.23. The van der Waals surface area contributed by atoms with E-state index in [1.54, 1.807) is 11.3 Å². The topological polar surface area (TPSA) is 20.2 Å². The predicted molar refractivity (Wildman–Crippen MR) is 52.0 cm³/mol. The monoisotopic (exact) mass is 234 g/mol. The van der Waals surface area contributed by atoms with Gasteiger partial charge in [-0.1, -0.05) is 0 Å². The van der Waals surface area contributed by atoms with Crippen molar-refractivity contribution < 1.29 is 5.11 Å². The molecule has 1 atom stereocenters. The molecule has 3 heteroatoms. The Morgan fingerprint density at radius 2 is 2.45 bits per heavy atom. The number of halogens is 1. The van der Waals surface area contributed by atoms with Gasteiger partial charge in [-0.15, -0.1) is 11.3 Å². The van der Waals surface area contributed by atoms with E-state index in [0.717, 1.165) is 12.8 Å². The minimum Gasteiger partial charge on any atom is -0.393 e. The number of hydrogen-bond donors (Lipinski definition) is 1. The third-order valence-corrected chi connectivity index (χ3v) is 3.34. The van der Waals surface area contributed by atoms with Gasteiger partial charge in [-0.2, -0.15) is 0 Å². The standard InChI is InChI=1S/C8H11BrOS/c1-6(10)2-3-7-4-5-11-8(7)9/h4-6,10H,2-3H2,1H3. The van der Waals surface area contributed by atoms with E-state index in [0.29, 0.717) is 0 Å². The van der Waals surface area contributed by atoms with E-state index in [1.807, 2.05) is 6.92 Å². The van der Waals surface area contributed by atoms with Gasteiger partial charge in [-0.3, -0.25) is 0 Å².